The van der Waals surface area contributed by atoms with Gasteiger partial charge in [0.15, 0.2) is 0 Å². The summed E-state index contributed by atoms with van der Waals surface area (Å²) in [5.74, 6) is 0. The molecule has 1 aromatic carbocycles. The summed E-state index contributed by atoms with van der Waals surface area (Å²) in [4.78, 5) is 0. The molecule has 0 aliphatic carbocycles. The number of benzene rings is 1. The highest BCUT2D eigenvalue weighted by Gasteiger charge is 2.00. The van der Waals surface area contributed by atoms with Crippen LogP contribution in [0.2, 0.25) is 0 Å². The highest BCUT2D eigenvalue weighted by Crippen LogP contribution is 2.21. The highest BCUT2D eigenvalue weighted by atomic mass is 16.3. The van der Waals surface area contributed by atoms with E-state index < -0.39 is 0 Å². The average molecular weight is 180 g/mol. The Labute approximate surface area is 78.6 Å². The smallest absolute Gasteiger partial charge is 0.0603 e. The quantitative estimate of drug-likeness (QED) is 0.484. The van der Waals surface area contributed by atoms with Crippen molar-refractivity contribution in [3.05, 3.63) is 23.8 Å². The molecule has 1 rings (SSSR count). The molecule has 0 radical (unpaired) electrons. The summed E-state index contributed by atoms with van der Waals surface area (Å²) in [6.45, 7) is 2.97. The molecule has 0 fully saturated rings. The van der Waals surface area contributed by atoms with Crippen molar-refractivity contribution in [3.63, 3.8) is 0 Å². The van der Waals surface area contributed by atoms with Gasteiger partial charge in [-0.15, -0.1) is 0 Å². The summed E-state index contributed by atoms with van der Waals surface area (Å²) in [6, 6.07) is 5.81. The second kappa shape index (κ2) is 4.72. The third-order valence-electron chi connectivity index (χ3n) is 1.94. The number of nitrogens with one attached hydrogen (secondary N) is 1. The monoisotopic (exact) mass is 180 g/mol. The van der Waals surface area contributed by atoms with Crippen LogP contribution in [0.3, 0.4) is 0 Å². The minimum Gasteiger partial charge on any atom is -0.397 e. The van der Waals surface area contributed by atoms with Crippen molar-refractivity contribution in [2.45, 2.75) is 13.3 Å². The van der Waals surface area contributed by atoms with Crippen LogP contribution in [-0.4, -0.2) is 18.3 Å². The first-order chi connectivity index (χ1) is 6.25. The van der Waals surface area contributed by atoms with Gasteiger partial charge < -0.3 is 16.2 Å². The Morgan fingerprint density at radius 2 is 2.23 bits per heavy atom. The normalized spacial score (nSPS) is 10.0. The van der Waals surface area contributed by atoms with E-state index in [9.17, 15) is 0 Å². The number of aliphatic hydroxyl groups is 1. The van der Waals surface area contributed by atoms with Crippen molar-refractivity contribution in [2.75, 3.05) is 24.2 Å². The predicted molar refractivity (Wildman–Crippen MR) is 55.8 cm³/mol. The molecule has 13 heavy (non-hydrogen) atoms. The zero-order valence-electron chi connectivity index (χ0n) is 7.88. The molecule has 1 aromatic rings. The highest BCUT2D eigenvalue weighted by molar-refractivity contribution is 5.69. The molecule has 0 unspecified atom stereocenters. The third kappa shape index (κ3) is 2.63. The lowest BCUT2D eigenvalue weighted by atomic mass is 10.1. The first-order valence-electron chi connectivity index (χ1n) is 4.45. The Morgan fingerprint density at radius 1 is 1.46 bits per heavy atom. The average Bonchev–Trinajstić information content (AvgIpc) is 2.10. The minimum absolute atomic E-state index is 0.207. The van der Waals surface area contributed by atoms with Gasteiger partial charge >= 0.3 is 0 Å². The summed E-state index contributed by atoms with van der Waals surface area (Å²) >= 11 is 0. The predicted octanol–water partition coefficient (Wildman–Crippen LogP) is 1.37. The number of nitrogen functional groups attached to an aromatic ring is 1. The molecule has 0 saturated carbocycles. The third-order valence-corrected chi connectivity index (χ3v) is 1.94. The van der Waals surface area contributed by atoms with Crippen molar-refractivity contribution >= 4 is 11.4 Å². The Hall–Kier alpha value is -1.22. The maximum atomic E-state index is 8.61. The van der Waals surface area contributed by atoms with Crippen LogP contribution in [0.15, 0.2) is 18.2 Å². The summed E-state index contributed by atoms with van der Waals surface area (Å²) in [5, 5.41) is 11.8. The Morgan fingerprint density at radius 3 is 2.85 bits per heavy atom. The van der Waals surface area contributed by atoms with Crippen LogP contribution >= 0.6 is 0 Å². The molecule has 72 valence electrons. The fourth-order valence-electron chi connectivity index (χ4n) is 1.22. The van der Waals surface area contributed by atoms with E-state index in [1.807, 2.05) is 25.1 Å². The Bertz CT molecular complexity index is 253. The second-order valence-corrected chi connectivity index (χ2v) is 3.04. The minimum atomic E-state index is 0.207. The van der Waals surface area contributed by atoms with Crippen molar-refractivity contribution in [1.82, 2.24) is 0 Å². The van der Waals surface area contributed by atoms with Gasteiger partial charge in [0.2, 0.25) is 0 Å². The Kier molecular flexibility index (Phi) is 3.58. The molecule has 3 nitrogen and oxygen atoms in total. The molecule has 0 aromatic heterocycles. The molecule has 0 aliphatic rings. The molecule has 0 atom stereocenters. The molecular weight excluding hydrogens is 164 g/mol. The van der Waals surface area contributed by atoms with E-state index in [0.717, 1.165) is 29.9 Å². The van der Waals surface area contributed by atoms with Gasteiger partial charge in [-0.3, -0.25) is 0 Å². The van der Waals surface area contributed by atoms with Crippen molar-refractivity contribution in [3.8, 4) is 0 Å². The van der Waals surface area contributed by atoms with Gasteiger partial charge in [-0.25, -0.2) is 0 Å². The van der Waals surface area contributed by atoms with Crippen LogP contribution in [0.5, 0.6) is 0 Å². The Balaban J connectivity index is 2.64. The summed E-state index contributed by atoms with van der Waals surface area (Å²) in [6.07, 6.45) is 0.744. The van der Waals surface area contributed by atoms with E-state index in [-0.39, 0.29) is 6.61 Å². The number of hydrogen-bond acceptors (Lipinski definition) is 3. The van der Waals surface area contributed by atoms with Crippen LogP contribution in [-0.2, 0) is 0 Å². The first kappa shape index (κ1) is 9.86. The fraction of sp³-hybridized carbons (Fsp3) is 0.400. The molecule has 0 heterocycles. The SMILES string of the molecule is Cc1cccc(N)c1NCCCO. The number of hydrogen-bond donors (Lipinski definition) is 3. The summed E-state index contributed by atoms with van der Waals surface area (Å²) in [5.41, 5.74) is 8.66. The standard InChI is InChI=1S/C10H16N2O/c1-8-4-2-5-9(11)10(8)12-6-3-7-13/h2,4-5,12-13H,3,6-7,11H2,1H3. The molecule has 0 aliphatic heterocycles. The largest absolute Gasteiger partial charge is 0.397 e. The molecular formula is C10H16N2O. The molecule has 0 saturated heterocycles. The van der Waals surface area contributed by atoms with Gasteiger partial charge in [0.25, 0.3) is 0 Å². The van der Waals surface area contributed by atoms with E-state index in [1.165, 1.54) is 0 Å². The number of rotatable bonds is 4. The van der Waals surface area contributed by atoms with Gasteiger partial charge in [-0.2, -0.15) is 0 Å². The van der Waals surface area contributed by atoms with Crippen molar-refractivity contribution < 1.29 is 5.11 Å². The maximum absolute atomic E-state index is 8.61. The maximum Gasteiger partial charge on any atom is 0.0603 e. The zero-order chi connectivity index (χ0) is 9.68. The topological polar surface area (TPSA) is 58.3 Å². The molecule has 0 bridgehead atoms. The van der Waals surface area contributed by atoms with E-state index in [1.54, 1.807) is 0 Å². The van der Waals surface area contributed by atoms with Crippen LogP contribution in [0.25, 0.3) is 0 Å². The van der Waals surface area contributed by atoms with Crippen LogP contribution in [0.1, 0.15) is 12.0 Å². The van der Waals surface area contributed by atoms with Gasteiger partial charge in [0.1, 0.15) is 0 Å². The van der Waals surface area contributed by atoms with E-state index in [2.05, 4.69) is 5.32 Å². The number of aryl methyl sites for hydroxylation is 1. The lowest BCUT2D eigenvalue weighted by molar-refractivity contribution is 0.292. The van der Waals surface area contributed by atoms with Gasteiger partial charge in [0, 0.05) is 13.2 Å². The van der Waals surface area contributed by atoms with Gasteiger partial charge in [-0.1, -0.05) is 12.1 Å². The molecule has 4 N–H and O–H groups in total. The lowest BCUT2D eigenvalue weighted by Gasteiger charge is -2.11. The van der Waals surface area contributed by atoms with Crippen LogP contribution in [0.4, 0.5) is 11.4 Å². The lowest BCUT2D eigenvalue weighted by Crippen LogP contribution is -2.06. The molecule has 0 spiro atoms. The number of anilines is 2. The second-order valence-electron chi connectivity index (χ2n) is 3.04. The number of aliphatic hydroxyl groups excluding tert-OH is 1. The summed E-state index contributed by atoms with van der Waals surface area (Å²) in [7, 11) is 0. The van der Waals surface area contributed by atoms with Gasteiger partial charge in [0.05, 0.1) is 11.4 Å². The first-order valence-corrected chi connectivity index (χ1v) is 4.45. The fourth-order valence-corrected chi connectivity index (χ4v) is 1.22. The van der Waals surface area contributed by atoms with E-state index in [4.69, 9.17) is 10.8 Å². The molecule has 3 heteroatoms. The van der Waals surface area contributed by atoms with Crippen LogP contribution < -0.4 is 11.1 Å². The zero-order valence-corrected chi connectivity index (χ0v) is 7.88. The summed E-state index contributed by atoms with van der Waals surface area (Å²) < 4.78 is 0. The number of nitrogens with two attached hydrogens (primary N) is 1. The van der Waals surface area contributed by atoms with E-state index in [0.29, 0.717) is 0 Å². The van der Waals surface area contributed by atoms with Crippen molar-refractivity contribution in [2.24, 2.45) is 0 Å². The van der Waals surface area contributed by atoms with Crippen LogP contribution in [0, 0.1) is 6.92 Å². The van der Waals surface area contributed by atoms with Crippen molar-refractivity contribution in [1.29, 1.82) is 0 Å². The van der Waals surface area contributed by atoms with Gasteiger partial charge in [-0.05, 0) is 25.0 Å². The molecule has 0 amide bonds. The van der Waals surface area contributed by atoms with E-state index >= 15 is 0 Å². The number of para-hydroxylation sites is 1.